The van der Waals surface area contributed by atoms with Crippen LogP contribution in [-0.2, 0) is 33.7 Å². The highest BCUT2D eigenvalue weighted by atomic mass is 16.5. The first kappa shape index (κ1) is 39.0. The Balaban J connectivity index is 0.000000184. The first-order valence-corrected chi connectivity index (χ1v) is 17.2. The fourth-order valence-corrected chi connectivity index (χ4v) is 5.54. The number of hydrogen-bond acceptors (Lipinski definition) is 8. The first-order valence-electron chi connectivity index (χ1n) is 17.2. The van der Waals surface area contributed by atoms with E-state index in [2.05, 4.69) is 30.4 Å². The van der Waals surface area contributed by atoms with Crippen LogP contribution in [0.3, 0.4) is 0 Å². The van der Waals surface area contributed by atoms with E-state index in [9.17, 15) is 4.79 Å². The Hall–Kier alpha value is -5.20. The Labute approximate surface area is 318 Å². The summed E-state index contributed by atoms with van der Waals surface area (Å²) in [7, 11) is 25.5. The highest BCUT2D eigenvalue weighted by molar-refractivity contribution is 7.81. The number of benzene rings is 3. The summed E-state index contributed by atoms with van der Waals surface area (Å²) in [6, 6.07) is 21.0. The highest BCUT2D eigenvalue weighted by Gasteiger charge is 2.21. The number of amides is 2. The summed E-state index contributed by atoms with van der Waals surface area (Å²) >= 11 is 0. The van der Waals surface area contributed by atoms with Gasteiger partial charge in [-0.25, -0.2) is 14.8 Å². The van der Waals surface area contributed by atoms with Gasteiger partial charge in [0.1, 0.15) is 24.7 Å². The maximum atomic E-state index is 12.2. The normalized spacial score (nSPS) is 12.6. The Morgan fingerprint density at radius 2 is 1.42 bits per heavy atom. The summed E-state index contributed by atoms with van der Waals surface area (Å²) in [4.78, 5) is 25.5. The molecular formula is C34H39B7N9O3. The number of urea groups is 1. The van der Waals surface area contributed by atoms with Crippen LogP contribution in [0.5, 0.6) is 11.5 Å². The molecule has 2 aliphatic rings. The maximum Gasteiger partial charge on any atom is 0.319 e. The lowest BCUT2D eigenvalue weighted by molar-refractivity contribution is 0.251. The van der Waals surface area contributed by atoms with Gasteiger partial charge in [-0.2, -0.15) is 0 Å². The molecule has 0 saturated carbocycles. The van der Waals surface area contributed by atoms with Crippen LogP contribution < -0.4 is 35.6 Å². The number of nitrogens with two attached hydrogens (primary N) is 1. The van der Waals surface area contributed by atoms with E-state index < -0.39 is 6.39 Å². The minimum absolute atomic E-state index is 0.239. The number of carbonyl (C=O) groups is 1. The molecule has 2 aromatic heterocycles. The van der Waals surface area contributed by atoms with E-state index in [0.29, 0.717) is 26.3 Å². The van der Waals surface area contributed by atoms with Crippen LogP contribution >= 0.6 is 0 Å². The fourth-order valence-electron chi connectivity index (χ4n) is 5.54. The van der Waals surface area contributed by atoms with Crippen molar-refractivity contribution in [2.45, 2.75) is 19.6 Å². The summed E-state index contributed by atoms with van der Waals surface area (Å²) in [5, 5.41) is 5.77. The SMILES string of the molecule is Cn1cnc(CN2CCOc3ccc(N)cc32)c1.Cn1cnc(CN2CCOc3ccc(NC(=O)NCc4ccccc4)cc32)c1.[B][B]B([B])B([B])[B]. The second kappa shape index (κ2) is 19.0. The molecular weight excluding hydrogens is 658 g/mol. The number of nitrogen functional groups attached to an aromatic ring is 1. The molecule has 19 heteroatoms. The molecule has 0 unspecified atom stereocenters. The standard InChI is InChI=1S/C21H23N5O2.C13H16N4O.B7/c1-25-13-18(23-15-25)14-26-9-10-28-20-8-7-17(11-19(20)26)24-21(27)22-12-16-5-3-2-4-6-16;1-16-7-11(15-9-16)8-17-4-5-18-13-3-2-10(14)6-12(13)17;1-5-7(4)6(2)3/h2-8,11,13,15H,9-10,12,14H2,1H3,(H2,22,24,27);2-3,6-7,9H,4-5,8,14H2,1H3;. The van der Waals surface area contributed by atoms with Crippen LogP contribution in [0.4, 0.5) is 27.5 Å². The molecule has 5 aromatic rings. The molecule has 4 N–H and O–H groups in total. The molecule has 0 saturated heterocycles. The molecule has 2 amide bonds. The van der Waals surface area contributed by atoms with Gasteiger partial charge in [-0.1, -0.05) is 30.3 Å². The topological polar surface area (TPSA) is 128 Å². The molecule has 0 bridgehead atoms. The van der Waals surface area contributed by atoms with E-state index in [1.54, 1.807) is 6.33 Å². The molecule has 0 spiro atoms. The molecule has 4 heterocycles. The smallest absolute Gasteiger partial charge is 0.319 e. The number of ether oxygens (including phenoxy) is 2. The van der Waals surface area contributed by atoms with Gasteiger partial charge in [-0.15, -0.1) is 0 Å². The van der Waals surface area contributed by atoms with Crippen LogP contribution in [0.2, 0.25) is 0 Å². The number of aryl methyl sites for hydroxylation is 2. The predicted molar refractivity (Wildman–Crippen MR) is 219 cm³/mol. The van der Waals surface area contributed by atoms with Crippen molar-refractivity contribution < 1.29 is 14.3 Å². The van der Waals surface area contributed by atoms with Gasteiger partial charge in [0.25, 0.3) is 0 Å². The van der Waals surface area contributed by atoms with Gasteiger partial charge < -0.3 is 44.8 Å². The van der Waals surface area contributed by atoms with Crippen molar-refractivity contribution in [3.05, 3.63) is 109 Å². The monoisotopic (exact) mass is 698 g/mol. The summed E-state index contributed by atoms with van der Waals surface area (Å²) in [5.74, 6) is 1.71. The van der Waals surface area contributed by atoms with E-state index in [1.807, 2.05) is 109 Å². The van der Waals surface area contributed by atoms with Crippen molar-refractivity contribution in [2.75, 3.05) is 47.2 Å². The van der Waals surface area contributed by atoms with Crippen molar-refractivity contribution in [1.29, 1.82) is 0 Å². The minimum atomic E-state index is -0.537. The number of fused-ring (bicyclic) bond motifs is 2. The Morgan fingerprint density at radius 1 is 0.849 bits per heavy atom. The number of aromatic nitrogens is 4. The van der Waals surface area contributed by atoms with E-state index in [4.69, 9.17) is 46.2 Å². The lowest BCUT2D eigenvalue weighted by Gasteiger charge is -2.31. The van der Waals surface area contributed by atoms with E-state index in [1.165, 1.54) is 7.06 Å². The average Bonchev–Trinajstić information content (AvgIpc) is 3.78. The number of hydrogen-bond donors (Lipinski definition) is 3. The third kappa shape index (κ3) is 11.7. The molecule has 0 fully saturated rings. The second-order valence-corrected chi connectivity index (χ2v) is 12.7. The number of anilines is 4. The van der Waals surface area contributed by atoms with Crippen LogP contribution in [0.15, 0.2) is 91.8 Å². The zero-order chi connectivity index (χ0) is 37.7. The zero-order valence-corrected chi connectivity index (χ0v) is 30.1. The van der Waals surface area contributed by atoms with Gasteiger partial charge >= 0.3 is 6.03 Å². The van der Waals surface area contributed by atoms with Gasteiger partial charge in [0.05, 0.1) is 61.6 Å². The Kier molecular flexibility index (Phi) is 14.0. The van der Waals surface area contributed by atoms with Crippen LogP contribution in [0.1, 0.15) is 17.0 Å². The number of rotatable bonds is 9. The van der Waals surface area contributed by atoms with Gasteiger partial charge in [0.2, 0.25) is 0 Å². The van der Waals surface area contributed by atoms with Crippen molar-refractivity contribution >= 4 is 79.6 Å². The maximum absolute atomic E-state index is 12.2. The molecule has 53 heavy (non-hydrogen) atoms. The predicted octanol–water partition coefficient (Wildman–Crippen LogP) is 1.88. The Morgan fingerprint density at radius 3 is 1.92 bits per heavy atom. The van der Waals surface area contributed by atoms with Gasteiger partial charge in [-0.05, 0) is 42.0 Å². The second-order valence-electron chi connectivity index (χ2n) is 12.7. The molecule has 0 atom stereocenters. The van der Waals surface area contributed by atoms with Crippen molar-refractivity contribution in [2.24, 2.45) is 14.1 Å². The van der Waals surface area contributed by atoms with Crippen LogP contribution in [-0.4, -0.2) is 102 Å². The van der Waals surface area contributed by atoms with Gasteiger partial charge in [-0.3, -0.25) is 0 Å². The number of imidazole rings is 2. The summed E-state index contributed by atoms with van der Waals surface area (Å²) in [5.41, 5.74) is 12.4. The quantitative estimate of drug-likeness (QED) is 0.158. The molecule has 259 valence electrons. The summed E-state index contributed by atoms with van der Waals surface area (Å²) in [6.45, 7) is 4.90. The lowest BCUT2D eigenvalue weighted by Crippen LogP contribution is -2.43. The van der Waals surface area contributed by atoms with Crippen molar-refractivity contribution in [3.63, 3.8) is 0 Å². The Bertz CT molecular complexity index is 1920. The number of carbonyl (C=O) groups excluding carboxylic acids is 1. The summed E-state index contributed by atoms with van der Waals surface area (Å²) < 4.78 is 15.3. The van der Waals surface area contributed by atoms with E-state index in [0.717, 1.165) is 70.8 Å². The first-order chi connectivity index (χ1) is 25.6. The highest BCUT2D eigenvalue weighted by Crippen LogP contribution is 2.35. The van der Waals surface area contributed by atoms with E-state index in [-0.39, 0.29) is 12.4 Å². The van der Waals surface area contributed by atoms with E-state index >= 15 is 0 Å². The molecule has 9 radical (unpaired) electrons. The lowest BCUT2D eigenvalue weighted by atomic mass is 8.76. The molecule has 0 aliphatic carbocycles. The largest absolute Gasteiger partial charge is 0.490 e. The van der Waals surface area contributed by atoms with Crippen LogP contribution in [0.25, 0.3) is 0 Å². The zero-order valence-electron chi connectivity index (χ0n) is 30.1. The average molecular weight is 697 g/mol. The van der Waals surface area contributed by atoms with Crippen molar-refractivity contribution in [3.8, 4) is 11.5 Å². The molecule has 2 aliphatic heterocycles. The third-order valence-electron chi connectivity index (χ3n) is 8.30. The molecule has 12 nitrogen and oxygen atoms in total. The number of nitrogens with zero attached hydrogens (tertiary/aromatic N) is 6. The van der Waals surface area contributed by atoms with Gasteiger partial charge in [0.15, 0.2) is 0 Å². The third-order valence-corrected chi connectivity index (χ3v) is 8.30. The number of nitrogens with one attached hydrogen (secondary N) is 2. The molecule has 3 aromatic carbocycles. The minimum Gasteiger partial charge on any atom is -0.490 e. The van der Waals surface area contributed by atoms with Crippen molar-refractivity contribution in [1.82, 2.24) is 24.4 Å². The summed E-state index contributed by atoms with van der Waals surface area (Å²) in [6.07, 6.45) is 6.72. The molecule has 7 rings (SSSR count). The van der Waals surface area contributed by atoms with Crippen LogP contribution in [0, 0.1) is 0 Å². The van der Waals surface area contributed by atoms with Gasteiger partial charge in [0, 0.05) is 95.2 Å². The fraction of sp³-hybridized carbons (Fsp3) is 0.265.